The lowest BCUT2D eigenvalue weighted by molar-refractivity contribution is 0.161. The Morgan fingerprint density at radius 1 is 1.25 bits per heavy atom. The van der Waals surface area contributed by atoms with Gasteiger partial charge in [0, 0.05) is 32.7 Å². The van der Waals surface area contributed by atoms with E-state index in [0.717, 1.165) is 39.0 Å². The Morgan fingerprint density at radius 2 is 1.83 bits per heavy atom. The molecule has 0 spiro atoms. The summed E-state index contributed by atoms with van der Waals surface area (Å²) in [6.07, 6.45) is 1.58. The van der Waals surface area contributed by atoms with Crippen LogP contribution in [0.25, 0.3) is 0 Å². The Hall–Kier alpha value is 0.140. The van der Waals surface area contributed by atoms with Crippen molar-refractivity contribution in [1.29, 1.82) is 0 Å². The van der Waals surface area contributed by atoms with Crippen molar-refractivity contribution in [2.24, 2.45) is 0 Å². The molecule has 4 heteroatoms. The Labute approximate surface area is 78.9 Å². The summed E-state index contributed by atoms with van der Waals surface area (Å²) in [5.74, 6) is 0. The molecule has 1 heterocycles. The largest absolute Gasteiger partial charge is 0.314 e. The maximum absolute atomic E-state index is 13.2. The number of nitrogens with one attached hydrogen (secondary N) is 1. The fourth-order valence-electron chi connectivity index (χ4n) is 1.56. The van der Waals surface area contributed by atoms with Crippen LogP contribution in [0.2, 0.25) is 0 Å². The number of alkyl halides is 1. The zero-order chi connectivity index (χ0) is 7.73. The molecule has 0 aromatic rings. The van der Waals surface area contributed by atoms with Crippen LogP contribution in [0, 0.1) is 0 Å². The molecule has 1 saturated carbocycles. The quantitative estimate of drug-likeness (QED) is 0.700. The Morgan fingerprint density at radius 3 is 2.33 bits per heavy atom. The molecule has 1 aliphatic heterocycles. The first-order valence-corrected chi connectivity index (χ1v) is 4.41. The second kappa shape index (κ2) is 3.90. The van der Waals surface area contributed by atoms with Gasteiger partial charge in [-0.25, -0.2) is 4.39 Å². The van der Waals surface area contributed by atoms with Gasteiger partial charge in [-0.1, -0.05) is 0 Å². The third-order valence-electron chi connectivity index (χ3n) is 2.51. The second-order valence-corrected chi connectivity index (χ2v) is 3.68. The van der Waals surface area contributed by atoms with E-state index in [0.29, 0.717) is 6.54 Å². The molecule has 0 amide bonds. The summed E-state index contributed by atoms with van der Waals surface area (Å²) in [5, 5.41) is 3.26. The molecule has 2 rings (SSSR count). The van der Waals surface area contributed by atoms with Crippen LogP contribution < -0.4 is 5.32 Å². The predicted molar refractivity (Wildman–Crippen MR) is 49.6 cm³/mol. The lowest BCUT2D eigenvalue weighted by Gasteiger charge is -2.28. The van der Waals surface area contributed by atoms with Gasteiger partial charge in [-0.05, 0) is 12.8 Å². The van der Waals surface area contributed by atoms with Crippen LogP contribution in [0.5, 0.6) is 0 Å². The minimum Gasteiger partial charge on any atom is -0.314 e. The first-order valence-electron chi connectivity index (χ1n) is 4.41. The van der Waals surface area contributed by atoms with Crippen LogP contribution in [0.4, 0.5) is 4.39 Å². The van der Waals surface area contributed by atoms with Gasteiger partial charge in [-0.15, -0.1) is 12.4 Å². The average Bonchev–Trinajstić information content (AvgIpc) is 2.70. The number of rotatable bonds is 2. The van der Waals surface area contributed by atoms with Crippen LogP contribution in [0.3, 0.4) is 0 Å². The third-order valence-corrected chi connectivity index (χ3v) is 2.51. The van der Waals surface area contributed by atoms with Gasteiger partial charge in [-0.3, -0.25) is 4.90 Å². The van der Waals surface area contributed by atoms with E-state index in [4.69, 9.17) is 0 Å². The predicted octanol–water partition coefficient (Wildman–Crippen LogP) is 0.815. The van der Waals surface area contributed by atoms with Gasteiger partial charge >= 0.3 is 0 Å². The first-order chi connectivity index (χ1) is 5.29. The maximum atomic E-state index is 13.2. The minimum absolute atomic E-state index is 0. The molecule has 2 fully saturated rings. The van der Waals surface area contributed by atoms with E-state index in [2.05, 4.69) is 10.2 Å². The maximum Gasteiger partial charge on any atom is 0.123 e. The Kier molecular flexibility index (Phi) is 3.32. The normalized spacial score (nSPS) is 27.8. The number of hydrogen-bond acceptors (Lipinski definition) is 2. The fraction of sp³-hybridized carbons (Fsp3) is 1.00. The first kappa shape index (κ1) is 10.2. The zero-order valence-corrected chi connectivity index (χ0v) is 8.00. The standard InChI is InChI=1S/C8H15FN2.ClH/c9-8(1-2-8)7-11-5-3-10-4-6-11;/h10H,1-7H2;1H. The summed E-state index contributed by atoms with van der Waals surface area (Å²) in [7, 11) is 0. The highest BCUT2D eigenvalue weighted by atomic mass is 35.5. The van der Waals surface area contributed by atoms with Gasteiger partial charge in [0.15, 0.2) is 0 Å². The lowest BCUT2D eigenvalue weighted by atomic mass is 10.3. The van der Waals surface area contributed by atoms with Crippen LogP contribution >= 0.6 is 12.4 Å². The average molecular weight is 195 g/mol. The van der Waals surface area contributed by atoms with E-state index < -0.39 is 5.67 Å². The highest BCUT2D eigenvalue weighted by molar-refractivity contribution is 5.85. The summed E-state index contributed by atoms with van der Waals surface area (Å²) in [4.78, 5) is 2.23. The van der Waals surface area contributed by atoms with E-state index in [-0.39, 0.29) is 12.4 Å². The molecule has 1 saturated heterocycles. The van der Waals surface area contributed by atoms with Gasteiger partial charge in [0.2, 0.25) is 0 Å². The van der Waals surface area contributed by atoms with Crippen molar-refractivity contribution in [3.8, 4) is 0 Å². The molecule has 2 aliphatic rings. The second-order valence-electron chi connectivity index (χ2n) is 3.68. The molecule has 2 nitrogen and oxygen atoms in total. The van der Waals surface area contributed by atoms with Gasteiger partial charge < -0.3 is 5.32 Å². The number of piperazine rings is 1. The summed E-state index contributed by atoms with van der Waals surface area (Å²) in [6, 6.07) is 0. The smallest absolute Gasteiger partial charge is 0.123 e. The van der Waals surface area contributed by atoms with Gasteiger partial charge in [-0.2, -0.15) is 0 Å². The van der Waals surface area contributed by atoms with Crippen LogP contribution in [-0.2, 0) is 0 Å². The summed E-state index contributed by atoms with van der Waals surface area (Å²) < 4.78 is 13.2. The molecular weight excluding hydrogens is 179 g/mol. The summed E-state index contributed by atoms with van der Waals surface area (Å²) in [6.45, 7) is 4.76. The van der Waals surface area contributed by atoms with Crippen LogP contribution in [0.1, 0.15) is 12.8 Å². The molecule has 0 aromatic heterocycles. The molecule has 0 bridgehead atoms. The monoisotopic (exact) mass is 194 g/mol. The SMILES string of the molecule is Cl.FC1(CN2CCNCC2)CC1. The van der Waals surface area contributed by atoms with Crippen molar-refractivity contribution in [2.45, 2.75) is 18.5 Å². The van der Waals surface area contributed by atoms with Crippen molar-refractivity contribution < 1.29 is 4.39 Å². The van der Waals surface area contributed by atoms with Crippen molar-refractivity contribution in [3.05, 3.63) is 0 Å². The van der Waals surface area contributed by atoms with E-state index in [1.165, 1.54) is 0 Å². The number of hydrogen-bond donors (Lipinski definition) is 1. The van der Waals surface area contributed by atoms with Crippen molar-refractivity contribution in [3.63, 3.8) is 0 Å². The summed E-state index contributed by atoms with van der Waals surface area (Å²) >= 11 is 0. The minimum atomic E-state index is -0.794. The van der Waals surface area contributed by atoms with Crippen molar-refractivity contribution in [2.75, 3.05) is 32.7 Å². The van der Waals surface area contributed by atoms with Crippen LogP contribution in [0.15, 0.2) is 0 Å². The van der Waals surface area contributed by atoms with Gasteiger partial charge in [0.05, 0.1) is 0 Å². The van der Waals surface area contributed by atoms with Crippen molar-refractivity contribution >= 4 is 12.4 Å². The van der Waals surface area contributed by atoms with Gasteiger partial charge in [0.1, 0.15) is 5.67 Å². The Bertz CT molecular complexity index is 144. The lowest BCUT2D eigenvalue weighted by Crippen LogP contribution is -2.46. The molecule has 0 aromatic carbocycles. The van der Waals surface area contributed by atoms with E-state index in [1.54, 1.807) is 0 Å². The number of halogens is 2. The third kappa shape index (κ3) is 2.57. The van der Waals surface area contributed by atoms with Crippen molar-refractivity contribution in [1.82, 2.24) is 10.2 Å². The molecule has 1 aliphatic carbocycles. The fourth-order valence-corrected chi connectivity index (χ4v) is 1.56. The highest BCUT2D eigenvalue weighted by Crippen LogP contribution is 2.40. The molecular formula is C8H16ClFN2. The molecule has 1 N–H and O–H groups in total. The molecule has 72 valence electrons. The number of nitrogens with zero attached hydrogens (tertiary/aromatic N) is 1. The van der Waals surface area contributed by atoms with E-state index in [1.807, 2.05) is 0 Å². The Balaban J connectivity index is 0.000000720. The zero-order valence-electron chi connectivity index (χ0n) is 7.18. The van der Waals surface area contributed by atoms with E-state index in [9.17, 15) is 4.39 Å². The molecule has 0 unspecified atom stereocenters. The summed E-state index contributed by atoms with van der Waals surface area (Å²) in [5.41, 5.74) is -0.794. The molecule has 12 heavy (non-hydrogen) atoms. The molecule has 0 atom stereocenters. The highest BCUT2D eigenvalue weighted by Gasteiger charge is 2.44. The van der Waals surface area contributed by atoms with E-state index >= 15 is 0 Å². The van der Waals surface area contributed by atoms with Crippen LogP contribution in [-0.4, -0.2) is 43.3 Å². The topological polar surface area (TPSA) is 15.3 Å². The molecule has 0 radical (unpaired) electrons. The van der Waals surface area contributed by atoms with Gasteiger partial charge in [0.25, 0.3) is 0 Å².